The molecule has 0 radical (unpaired) electrons. The van der Waals surface area contributed by atoms with Gasteiger partial charge in [-0.15, -0.1) is 11.3 Å². The number of carbonyl (C=O) groups is 1. The van der Waals surface area contributed by atoms with Gasteiger partial charge in [-0.25, -0.2) is 9.37 Å². The van der Waals surface area contributed by atoms with E-state index < -0.39 is 6.17 Å². The Morgan fingerprint density at radius 3 is 2.84 bits per heavy atom. The smallest absolute Gasteiger partial charge is 0.265 e. The van der Waals surface area contributed by atoms with Crippen LogP contribution in [0, 0.1) is 0 Å². The van der Waals surface area contributed by atoms with E-state index in [1.54, 1.807) is 11.1 Å². The van der Waals surface area contributed by atoms with Crippen LogP contribution in [0.4, 0.5) is 4.39 Å². The maximum Gasteiger partial charge on any atom is 0.265 e. The van der Waals surface area contributed by atoms with Gasteiger partial charge in [-0.3, -0.25) is 4.79 Å². The number of benzene rings is 1. The Morgan fingerprint density at radius 1 is 1.37 bits per heavy atom. The Balaban J connectivity index is 1.80. The third-order valence-corrected chi connectivity index (χ3v) is 4.19. The third kappa shape index (κ3) is 2.51. The van der Waals surface area contributed by atoms with Crippen molar-refractivity contribution >= 4 is 17.2 Å². The number of halogens is 1. The molecule has 3 rings (SSSR count). The van der Waals surface area contributed by atoms with Crippen LogP contribution in [0.5, 0.6) is 0 Å². The highest BCUT2D eigenvalue weighted by atomic mass is 32.1. The molecule has 3 nitrogen and oxygen atoms in total. The summed E-state index contributed by atoms with van der Waals surface area (Å²) in [6, 6.07) is 9.73. The van der Waals surface area contributed by atoms with Gasteiger partial charge >= 0.3 is 0 Å². The van der Waals surface area contributed by atoms with Gasteiger partial charge in [0.25, 0.3) is 5.91 Å². The van der Waals surface area contributed by atoms with Crippen molar-refractivity contribution in [3.05, 3.63) is 41.4 Å². The third-order valence-electron chi connectivity index (χ3n) is 3.16. The first-order chi connectivity index (χ1) is 9.24. The highest BCUT2D eigenvalue weighted by Gasteiger charge is 2.27. The molecule has 1 aliphatic heterocycles. The monoisotopic (exact) mass is 276 g/mol. The lowest BCUT2D eigenvalue weighted by molar-refractivity contribution is 0.0787. The van der Waals surface area contributed by atoms with Crippen molar-refractivity contribution < 1.29 is 9.18 Å². The lowest BCUT2D eigenvalue weighted by Gasteiger charge is -2.12. The van der Waals surface area contributed by atoms with Crippen LogP contribution in [0.25, 0.3) is 10.6 Å². The van der Waals surface area contributed by atoms with E-state index in [1.807, 2.05) is 30.3 Å². The van der Waals surface area contributed by atoms with Crippen LogP contribution in [-0.4, -0.2) is 35.1 Å². The van der Waals surface area contributed by atoms with Gasteiger partial charge in [-0.1, -0.05) is 30.3 Å². The Labute approximate surface area is 114 Å². The number of carbonyl (C=O) groups excluding carboxylic acids is 1. The Hall–Kier alpha value is -1.75. The fourth-order valence-electron chi connectivity index (χ4n) is 2.15. The van der Waals surface area contributed by atoms with Crippen molar-refractivity contribution in [2.45, 2.75) is 12.6 Å². The highest BCUT2D eigenvalue weighted by molar-refractivity contribution is 7.16. The van der Waals surface area contributed by atoms with Gasteiger partial charge < -0.3 is 4.90 Å². The van der Waals surface area contributed by atoms with Gasteiger partial charge in [0.2, 0.25) is 0 Å². The summed E-state index contributed by atoms with van der Waals surface area (Å²) in [4.78, 5) is 18.6. The van der Waals surface area contributed by atoms with Crippen molar-refractivity contribution in [3.8, 4) is 10.6 Å². The molecule has 0 saturated carbocycles. The molecule has 1 aliphatic rings. The van der Waals surface area contributed by atoms with Crippen molar-refractivity contribution in [2.75, 3.05) is 13.1 Å². The molecular formula is C14H13FN2OS. The van der Waals surface area contributed by atoms with E-state index in [0.717, 1.165) is 10.6 Å². The normalized spacial score (nSPS) is 18.8. The molecule has 1 saturated heterocycles. The number of likely N-dealkylation sites (tertiary alicyclic amines) is 1. The van der Waals surface area contributed by atoms with Gasteiger partial charge in [-0.2, -0.15) is 0 Å². The van der Waals surface area contributed by atoms with Crippen LogP contribution in [0.2, 0.25) is 0 Å². The molecule has 1 aromatic heterocycles. The molecule has 5 heteroatoms. The summed E-state index contributed by atoms with van der Waals surface area (Å²) >= 11 is 1.36. The number of hydrogen-bond acceptors (Lipinski definition) is 3. The quantitative estimate of drug-likeness (QED) is 0.845. The molecule has 0 bridgehead atoms. The van der Waals surface area contributed by atoms with Crippen LogP contribution in [0.15, 0.2) is 36.5 Å². The lowest BCUT2D eigenvalue weighted by atomic mass is 10.2. The minimum atomic E-state index is -0.884. The Bertz CT molecular complexity index is 584. The number of aromatic nitrogens is 1. The predicted molar refractivity (Wildman–Crippen MR) is 73.0 cm³/mol. The van der Waals surface area contributed by atoms with Crippen LogP contribution in [0.3, 0.4) is 0 Å². The predicted octanol–water partition coefficient (Wildman–Crippen LogP) is 2.99. The number of alkyl halides is 1. The summed E-state index contributed by atoms with van der Waals surface area (Å²) in [6.07, 6.45) is 1.14. The molecule has 1 fully saturated rings. The number of hydrogen-bond donors (Lipinski definition) is 0. The first kappa shape index (κ1) is 12.3. The summed E-state index contributed by atoms with van der Waals surface area (Å²) in [7, 11) is 0. The van der Waals surface area contributed by atoms with Gasteiger partial charge in [0.05, 0.1) is 12.7 Å². The second kappa shape index (κ2) is 5.09. The molecule has 1 amide bonds. The minimum Gasteiger partial charge on any atom is -0.335 e. The average molecular weight is 276 g/mol. The van der Waals surface area contributed by atoms with E-state index in [4.69, 9.17) is 0 Å². The maximum absolute atomic E-state index is 13.1. The standard InChI is InChI=1S/C14H13FN2OS/c15-11-6-7-17(9-11)14(18)12-8-16-13(19-12)10-4-2-1-3-5-10/h1-5,8,11H,6-7,9H2/t11-/m1/s1. The van der Waals surface area contributed by atoms with Crippen molar-refractivity contribution in [1.29, 1.82) is 0 Å². The van der Waals surface area contributed by atoms with E-state index in [9.17, 15) is 9.18 Å². The number of rotatable bonds is 2. The molecule has 2 aromatic rings. The molecule has 0 N–H and O–H groups in total. The number of amides is 1. The molecule has 1 aromatic carbocycles. The van der Waals surface area contributed by atoms with Gasteiger partial charge in [0.1, 0.15) is 16.1 Å². The molecular weight excluding hydrogens is 263 g/mol. The second-order valence-corrected chi connectivity index (χ2v) is 5.56. The van der Waals surface area contributed by atoms with E-state index in [1.165, 1.54) is 11.3 Å². The highest BCUT2D eigenvalue weighted by Crippen LogP contribution is 2.26. The van der Waals surface area contributed by atoms with Gasteiger partial charge in [-0.05, 0) is 6.42 Å². The van der Waals surface area contributed by atoms with Gasteiger partial charge in [0.15, 0.2) is 0 Å². The summed E-state index contributed by atoms with van der Waals surface area (Å²) in [5.41, 5.74) is 0.997. The van der Waals surface area contributed by atoms with Crippen LogP contribution >= 0.6 is 11.3 Å². The zero-order chi connectivity index (χ0) is 13.2. The maximum atomic E-state index is 13.1. The number of thiazole rings is 1. The summed E-state index contributed by atoms with van der Waals surface area (Å²) in [5.74, 6) is -0.111. The second-order valence-electron chi connectivity index (χ2n) is 4.53. The Morgan fingerprint density at radius 2 is 2.16 bits per heavy atom. The van der Waals surface area contributed by atoms with E-state index in [0.29, 0.717) is 17.8 Å². The molecule has 19 heavy (non-hydrogen) atoms. The van der Waals surface area contributed by atoms with Crippen molar-refractivity contribution in [1.82, 2.24) is 9.88 Å². The fraction of sp³-hybridized carbons (Fsp3) is 0.286. The number of nitrogens with zero attached hydrogens (tertiary/aromatic N) is 2. The zero-order valence-electron chi connectivity index (χ0n) is 10.3. The zero-order valence-corrected chi connectivity index (χ0v) is 11.1. The molecule has 2 heterocycles. The average Bonchev–Trinajstić information content (AvgIpc) is 3.08. The SMILES string of the molecule is O=C(c1cnc(-c2ccccc2)s1)N1CC[C@@H](F)C1. The fourth-order valence-corrected chi connectivity index (χ4v) is 3.03. The van der Waals surface area contributed by atoms with Crippen LogP contribution in [0.1, 0.15) is 16.1 Å². The summed E-state index contributed by atoms with van der Waals surface area (Å²) < 4.78 is 13.1. The van der Waals surface area contributed by atoms with Gasteiger partial charge in [0, 0.05) is 12.1 Å². The molecule has 0 unspecified atom stereocenters. The topological polar surface area (TPSA) is 33.2 Å². The van der Waals surface area contributed by atoms with Crippen molar-refractivity contribution in [2.24, 2.45) is 0 Å². The minimum absolute atomic E-state index is 0.111. The summed E-state index contributed by atoms with van der Waals surface area (Å²) in [5, 5.41) is 0.819. The van der Waals surface area contributed by atoms with E-state index in [2.05, 4.69) is 4.98 Å². The van der Waals surface area contributed by atoms with E-state index in [-0.39, 0.29) is 12.5 Å². The molecule has 98 valence electrons. The van der Waals surface area contributed by atoms with E-state index >= 15 is 0 Å². The first-order valence-electron chi connectivity index (χ1n) is 6.18. The molecule has 0 aliphatic carbocycles. The molecule has 1 atom stereocenters. The van der Waals surface area contributed by atoms with Crippen LogP contribution < -0.4 is 0 Å². The lowest BCUT2D eigenvalue weighted by Crippen LogP contribution is -2.28. The van der Waals surface area contributed by atoms with Crippen molar-refractivity contribution in [3.63, 3.8) is 0 Å². The Kier molecular flexibility index (Phi) is 3.29. The van der Waals surface area contributed by atoms with Crippen LogP contribution in [-0.2, 0) is 0 Å². The summed E-state index contributed by atoms with van der Waals surface area (Å²) in [6.45, 7) is 0.704. The first-order valence-corrected chi connectivity index (χ1v) is 7.00. The molecule has 0 spiro atoms. The largest absolute Gasteiger partial charge is 0.335 e.